The van der Waals surface area contributed by atoms with E-state index in [4.69, 9.17) is 10.5 Å². The minimum atomic E-state index is -0.638. The largest absolute Gasteiger partial charge is 0.475 e. The first-order chi connectivity index (χ1) is 8.51. The molecule has 0 aromatic carbocycles. The highest BCUT2D eigenvalue weighted by Crippen LogP contribution is 2.32. The quantitative estimate of drug-likeness (QED) is 0.815. The average molecular weight is 249 g/mol. The fourth-order valence-corrected chi connectivity index (χ4v) is 1.60. The summed E-state index contributed by atoms with van der Waals surface area (Å²) in [6.45, 7) is 4.28. The summed E-state index contributed by atoms with van der Waals surface area (Å²) >= 11 is 0. The van der Waals surface area contributed by atoms with Gasteiger partial charge in [0.15, 0.2) is 0 Å². The molecule has 1 saturated carbocycles. The monoisotopic (exact) mass is 249 g/mol. The molecule has 1 heterocycles. The molecule has 1 aromatic rings. The highest BCUT2D eigenvalue weighted by Gasteiger charge is 2.45. The number of hydrogen-bond donors (Lipinski definition) is 2. The first-order valence-corrected chi connectivity index (χ1v) is 6.19. The van der Waals surface area contributed by atoms with Crippen LogP contribution in [0.2, 0.25) is 0 Å². The fraction of sp³-hybridized carbons (Fsp3) is 0.538. The first-order valence-electron chi connectivity index (χ1n) is 6.19. The third kappa shape index (κ3) is 2.98. The summed E-state index contributed by atoms with van der Waals surface area (Å²) in [5.41, 5.74) is 6.04. The van der Waals surface area contributed by atoms with Gasteiger partial charge in [0, 0.05) is 18.3 Å². The lowest BCUT2D eigenvalue weighted by Crippen LogP contribution is -2.42. The van der Waals surface area contributed by atoms with Crippen molar-refractivity contribution in [2.45, 2.75) is 44.9 Å². The molecule has 5 heteroatoms. The molecule has 5 nitrogen and oxygen atoms in total. The molecule has 1 aromatic heterocycles. The van der Waals surface area contributed by atoms with E-state index in [2.05, 4.69) is 10.3 Å². The summed E-state index contributed by atoms with van der Waals surface area (Å²) in [7, 11) is 0. The number of carbonyl (C=O) groups is 1. The number of nitrogens with two attached hydrogens (primary N) is 1. The van der Waals surface area contributed by atoms with Gasteiger partial charge in [0.05, 0.1) is 11.6 Å². The number of amides is 1. The molecule has 0 radical (unpaired) electrons. The second kappa shape index (κ2) is 4.94. The molecule has 0 unspecified atom stereocenters. The van der Waals surface area contributed by atoms with Gasteiger partial charge in [0.25, 0.3) is 0 Å². The van der Waals surface area contributed by atoms with Crippen LogP contribution in [-0.4, -0.2) is 22.5 Å². The molecule has 1 amide bonds. The molecule has 1 aliphatic carbocycles. The van der Waals surface area contributed by atoms with Crippen molar-refractivity contribution in [2.75, 3.05) is 0 Å². The predicted octanol–water partition coefficient (Wildman–Crippen LogP) is 0.976. The Bertz CT molecular complexity index is 442. The van der Waals surface area contributed by atoms with Crippen molar-refractivity contribution in [3.05, 3.63) is 23.9 Å². The van der Waals surface area contributed by atoms with Crippen LogP contribution in [0.25, 0.3) is 0 Å². The third-order valence-electron chi connectivity index (χ3n) is 2.88. The Labute approximate surface area is 107 Å². The summed E-state index contributed by atoms with van der Waals surface area (Å²) in [4.78, 5) is 15.9. The van der Waals surface area contributed by atoms with Crippen LogP contribution in [-0.2, 0) is 11.3 Å². The zero-order chi connectivity index (χ0) is 13.2. The van der Waals surface area contributed by atoms with E-state index >= 15 is 0 Å². The van der Waals surface area contributed by atoms with Gasteiger partial charge in [-0.3, -0.25) is 4.79 Å². The Morgan fingerprint density at radius 1 is 1.61 bits per heavy atom. The second-order valence-electron chi connectivity index (χ2n) is 4.97. The fourth-order valence-electron chi connectivity index (χ4n) is 1.60. The van der Waals surface area contributed by atoms with Crippen molar-refractivity contribution in [1.29, 1.82) is 0 Å². The van der Waals surface area contributed by atoms with Crippen molar-refractivity contribution in [2.24, 2.45) is 5.73 Å². The van der Waals surface area contributed by atoms with Crippen molar-refractivity contribution < 1.29 is 9.53 Å². The smallest absolute Gasteiger partial charge is 0.240 e. The van der Waals surface area contributed by atoms with Crippen LogP contribution >= 0.6 is 0 Å². The molecule has 2 rings (SSSR count). The number of pyridine rings is 1. The third-order valence-corrected chi connectivity index (χ3v) is 2.88. The van der Waals surface area contributed by atoms with Gasteiger partial charge in [0.1, 0.15) is 0 Å². The molecule has 0 bridgehead atoms. The van der Waals surface area contributed by atoms with Crippen LogP contribution in [0.5, 0.6) is 5.88 Å². The van der Waals surface area contributed by atoms with E-state index in [0.717, 1.165) is 18.4 Å². The Morgan fingerprint density at radius 3 is 2.94 bits per heavy atom. The molecule has 1 fully saturated rings. The molecule has 0 spiro atoms. The Kier molecular flexibility index (Phi) is 3.52. The number of nitrogens with one attached hydrogen (secondary N) is 1. The molecule has 18 heavy (non-hydrogen) atoms. The maximum absolute atomic E-state index is 11.7. The zero-order valence-corrected chi connectivity index (χ0v) is 10.8. The Hall–Kier alpha value is -1.62. The Balaban J connectivity index is 1.98. The van der Waals surface area contributed by atoms with E-state index in [1.807, 2.05) is 26.0 Å². The van der Waals surface area contributed by atoms with Gasteiger partial charge in [-0.1, -0.05) is 6.07 Å². The number of aromatic nitrogens is 1. The van der Waals surface area contributed by atoms with Gasteiger partial charge in [-0.2, -0.15) is 0 Å². The van der Waals surface area contributed by atoms with Crippen molar-refractivity contribution in [1.82, 2.24) is 10.3 Å². The molecular weight excluding hydrogens is 230 g/mol. The molecule has 1 aliphatic rings. The van der Waals surface area contributed by atoms with Crippen molar-refractivity contribution in [3.63, 3.8) is 0 Å². The standard InChI is InChI=1S/C13H19N3O2/c1-9(2)18-11-10(4-3-7-15-11)8-16-12(17)13(14)5-6-13/h3-4,7,9H,5-6,8,14H2,1-2H3,(H,16,17). The van der Waals surface area contributed by atoms with E-state index in [9.17, 15) is 4.79 Å². The van der Waals surface area contributed by atoms with Gasteiger partial charge in [0.2, 0.25) is 11.8 Å². The number of nitrogens with zero attached hydrogens (tertiary/aromatic N) is 1. The maximum Gasteiger partial charge on any atom is 0.240 e. The molecule has 0 aliphatic heterocycles. The van der Waals surface area contributed by atoms with Crippen LogP contribution in [0, 0.1) is 0 Å². The summed E-state index contributed by atoms with van der Waals surface area (Å²) in [5.74, 6) is 0.469. The van der Waals surface area contributed by atoms with E-state index < -0.39 is 5.54 Å². The highest BCUT2D eigenvalue weighted by atomic mass is 16.5. The summed E-state index contributed by atoms with van der Waals surface area (Å²) < 4.78 is 5.59. The minimum Gasteiger partial charge on any atom is -0.475 e. The lowest BCUT2D eigenvalue weighted by molar-refractivity contribution is -0.123. The topological polar surface area (TPSA) is 77.2 Å². The Morgan fingerprint density at radius 2 is 2.33 bits per heavy atom. The summed E-state index contributed by atoms with van der Waals surface area (Å²) in [5, 5.41) is 2.83. The summed E-state index contributed by atoms with van der Waals surface area (Å²) in [6.07, 6.45) is 3.26. The van der Waals surface area contributed by atoms with Gasteiger partial charge in [-0.15, -0.1) is 0 Å². The number of ether oxygens (including phenoxy) is 1. The SMILES string of the molecule is CC(C)Oc1ncccc1CNC(=O)C1(N)CC1. The summed E-state index contributed by atoms with van der Waals surface area (Å²) in [6, 6.07) is 3.71. The zero-order valence-electron chi connectivity index (χ0n) is 10.8. The predicted molar refractivity (Wildman–Crippen MR) is 68.0 cm³/mol. The van der Waals surface area contributed by atoms with Gasteiger partial charge in [-0.25, -0.2) is 4.98 Å². The number of carbonyl (C=O) groups excluding carboxylic acids is 1. The molecular formula is C13H19N3O2. The number of hydrogen-bond acceptors (Lipinski definition) is 4. The van der Waals surface area contributed by atoms with Crippen LogP contribution < -0.4 is 15.8 Å². The lowest BCUT2D eigenvalue weighted by atomic mass is 10.2. The van der Waals surface area contributed by atoms with Gasteiger partial charge in [-0.05, 0) is 32.8 Å². The first kappa shape index (κ1) is 12.8. The van der Waals surface area contributed by atoms with Crippen LogP contribution in [0.1, 0.15) is 32.3 Å². The van der Waals surface area contributed by atoms with E-state index in [0.29, 0.717) is 12.4 Å². The molecule has 0 saturated heterocycles. The van der Waals surface area contributed by atoms with Crippen LogP contribution in [0.15, 0.2) is 18.3 Å². The second-order valence-corrected chi connectivity index (χ2v) is 4.97. The lowest BCUT2D eigenvalue weighted by Gasteiger charge is -2.14. The van der Waals surface area contributed by atoms with Gasteiger partial charge < -0.3 is 15.8 Å². The van der Waals surface area contributed by atoms with Gasteiger partial charge >= 0.3 is 0 Å². The molecule has 3 N–H and O–H groups in total. The van der Waals surface area contributed by atoms with Crippen LogP contribution in [0.3, 0.4) is 0 Å². The van der Waals surface area contributed by atoms with E-state index in [-0.39, 0.29) is 12.0 Å². The van der Waals surface area contributed by atoms with E-state index in [1.54, 1.807) is 6.20 Å². The van der Waals surface area contributed by atoms with Crippen molar-refractivity contribution in [3.8, 4) is 5.88 Å². The normalized spacial score (nSPS) is 16.4. The number of rotatable bonds is 5. The molecule has 98 valence electrons. The minimum absolute atomic E-state index is 0.0543. The molecule has 0 atom stereocenters. The maximum atomic E-state index is 11.7. The average Bonchev–Trinajstić information content (AvgIpc) is 3.06. The van der Waals surface area contributed by atoms with E-state index in [1.165, 1.54) is 0 Å². The van der Waals surface area contributed by atoms with Crippen LogP contribution in [0.4, 0.5) is 0 Å². The van der Waals surface area contributed by atoms with Crippen molar-refractivity contribution >= 4 is 5.91 Å². The highest BCUT2D eigenvalue weighted by molar-refractivity contribution is 5.88.